The smallest absolute Gasteiger partial charge is 0.0547 e. The first-order valence-corrected chi connectivity index (χ1v) is 6.52. The number of nitrogens with zero attached hydrogens (tertiary/aromatic N) is 2. The number of aromatic nitrogens is 2. The fraction of sp³-hybridized carbons (Fsp3) is 0.769. The lowest BCUT2D eigenvalue weighted by molar-refractivity contribution is 0.217. The lowest BCUT2D eigenvalue weighted by Crippen LogP contribution is -2.23. The van der Waals surface area contributed by atoms with E-state index < -0.39 is 0 Å². The fourth-order valence-electron chi connectivity index (χ4n) is 2.78. The van der Waals surface area contributed by atoms with Crippen LogP contribution in [0.5, 0.6) is 0 Å². The summed E-state index contributed by atoms with van der Waals surface area (Å²) in [5.41, 5.74) is 7.02. The van der Waals surface area contributed by atoms with Gasteiger partial charge in [0.25, 0.3) is 0 Å². The molecule has 1 aliphatic rings. The molecular weight excluding hydrogens is 198 g/mol. The fourth-order valence-corrected chi connectivity index (χ4v) is 2.78. The van der Waals surface area contributed by atoms with Crippen LogP contribution in [0.25, 0.3) is 0 Å². The van der Waals surface area contributed by atoms with E-state index in [-0.39, 0.29) is 6.04 Å². The molecule has 2 rings (SSSR count). The van der Waals surface area contributed by atoms with Gasteiger partial charge in [-0.25, -0.2) is 0 Å². The normalized spacial score (nSPS) is 27.9. The van der Waals surface area contributed by atoms with Gasteiger partial charge in [-0.15, -0.1) is 0 Å². The Balaban J connectivity index is 2.14. The van der Waals surface area contributed by atoms with E-state index >= 15 is 0 Å². The summed E-state index contributed by atoms with van der Waals surface area (Å²) in [5.74, 6) is 0.801. The third-order valence-electron chi connectivity index (χ3n) is 3.88. The van der Waals surface area contributed by atoms with Crippen molar-refractivity contribution in [2.24, 2.45) is 11.7 Å². The van der Waals surface area contributed by atoms with Crippen LogP contribution in [-0.2, 0) is 0 Å². The summed E-state index contributed by atoms with van der Waals surface area (Å²) in [4.78, 5) is 0. The highest BCUT2D eigenvalue weighted by Crippen LogP contribution is 2.35. The second kappa shape index (κ2) is 5.00. The molecule has 1 aromatic heterocycles. The Kier molecular flexibility index (Phi) is 3.64. The largest absolute Gasteiger partial charge is 0.324 e. The Bertz CT molecular complexity index is 330. The summed E-state index contributed by atoms with van der Waals surface area (Å²) in [5, 5.41) is 4.50. The van der Waals surface area contributed by atoms with E-state index in [2.05, 4.69) is 22.9 Å². The van der Waals surface area contributed by atoms with E-state index in [9.17, 15) is 0 Å². The van der Waals surface area contributed by atoms with Crippen molar-refractivity contribution in [3.63, 3.8) is 0 Å². The Hall–Kier alpha value is -0.830. The lowest BCUT2D eigenvalue weighted by atomic mass is 9.83. The average Bonchev–Trinajstić information content (AvgIpc) is 2.78. The van der Waals surface area contributed by atoms with Gasteiger partial charge in [-0.05, 0) is 25.7 Å². The zero-order valence-electron chi connectivity index (χ0n) is 10.4. The molecule has 0 aliphatic heterocycles. The van der Waals surface area contributed by atoms with Gasteiger partial charge in [-0.1, -0.05) is 26.2 Å². The zero-order valence-corrected chi connectivity index (χ0v) is 10.4. The van der Waals surface area contributed by atoms with Crippen molar-refractivity contribution in [1.82, 2.24) is 9.78 Å². The van der Waals surface area contributed by atoms with Crippen LogP contribution in [0.1, 0.15) is 63.6 Å². The van der Waals surface area contributed by atoms with Crippen LogP contribution in [0.2, 0.25) is 0 Å². The van der Waals surface area contributed by atoms with Crippen LogP contribution in [-0.4, -0.2) is 9.78 Å². The van der Waals surface area contributed by atoms with E-state index in [0.717, 1.165) is 11.5 Å². The number of hydrogen-bond acceptors (Lipinski definition) is 2. The number of rotatable bonds is 3. The van der Waals surface area contributed by atoms with E-state index in [0.29, 0.717) is 6.04 Å². The standard InChI is InChI=1S/C13H23N3/c1-3-11-6-4-5-7-13(11)16-9-12(8-15-16)10(2)14/h8-11,13H,3-7,14H2,1-2H3. The van der Waals surface area contributed by atoms with Gasteiger partial charge in [0, 0.05) is 17.8 Å². The van der Waals surface area contributed by atoms with Gasteiger partial charge in [-0.2, -0.15) is 5.10 Å². The molecule has 0 spiro atoms. The minimum atomic E-state index is 0.0948. The molecule has 1 aromatic rings. The summed E-state index contributed by atoms with van der Waals surface area (Å²) in [6.07, 6.45) is 10.7. The topological polar surface area (TPSA) is 43.8 Å². The first-order chi connectivity index (χ1) is 7.72. The van der Waals surface area contributed by atoms with Gasteiger partial charge in [0.2, 0.25) is 0 Å². The van der Waals surface area contributed by atoms with Gasteiger partial charge in [0.1, 0.15) is 0 Å². The molecule has 1 aliphatic carbocycles. The van der Waals surface area contributed by atoms with Crippen LogP contribution in [0.4, 0.5) is 0 Å². The summed E-state index contributed by atoms with van der Waals surface area (Å²) in [6.45, 7) is 4.30. The van der Waals surface area contributed by atoms with Crippen molar-refractivity contribution >= 4 is 0 Å². The highest BCUT2D eigenvalue weighted by Gasteiger charge is 2.25. The van der Waals surface area contributed by atoms with E-state index in [4.69, 9.17) is 5.73 Å². The SMILES string of the molecule is CCC1CCCCC1n1cc(C(C)N)cn1. The monoisotopic (exact) mass is 221 g/mol. The maximum atomic E-state index is 5.87. The van der Waals surface area contributed by atoms with Gasteiger partial charge in [0.15, 0.2) is 0 Å². The molecule has 2 N–H and O–H groups in total. The number of hydrogen-bond donors (Lipinski definition) is 1. The highest BCUT2D eigenvalue weighted by molar-refractivity contribution is 5.09. The quantitative estimate of drug-likeness (QED) is 0.852. The molecule has 3 atom stereocenters. The third kappa shape index (κ3) is 2.29. The second-order valence-corrected chi connectivity index (χ2v) is 5.06. The van der Waals surface area contributed by atoms with Crippen LogP contribution in [0, 0.1) is 5.92 Å². The van der Waals surface area contributed by atoms with Crippen LogP contribution >= 0.6 is 0 Å². The van der Waals surface area contributed by atoms with Crippen molar-refractivity contribution in [1.29, 1.82) is 0 Å². The van der Waals surface area contributed by atoms with Gasteiger partial charge in [-0.3, -0.25) is 4.68 Å². The number of nitrogens with two attached hydrogens (primary N) is 1. The first kappa shape index (κ1) is 11.6. The molecule has 3 nitrogen and oxygen atoms in total. The Labute approximate surface area is 98.0 Å². The molecule has 16 heavy (non-hydrogen) atoms. The van der Waals surface area contributed by atoms with Crippen molar-refractivity contribution in [3.05, 3.63) is 18.0 Å². The second-order valence-electron chi connectivity index (χ2n) is 5.06. The summed E-state index contributed by atoms with van der Waals surface area (Å²) in [7, 11) is 0. The van der Waals surface area contributed by atoms with Gasteiger partial charge in [0.05, 0.1) is 12.2 Å². The molecule has 90 valence electrons. The molecule has 1 heterocycles. The molecule has 1 saturated carbocycles. The van der Waals surface area contributed by atoms with E-state index in [1.165, 1.54) is 32.1 Å². The molecule has 0 amide bonds. The van der Waals surface area contributed by atoms with E-state index in [1.807, 2.05) is 13.1 Å². The molecule has 3 unspecified atom stereocenters. The zero-order chi connectivity index (χ0) is 11.5. The summed E-state index contributed by atoms with van der Waals surface area (Å²) < 4.78 is 2.16. The molecule has 0 radical (unpaired) electrons. The van der Waals surface area contributed by atoms with Gasteiger partial charge >= 0.3 is 0 Å². The first-order valence-electron chi connectivity index (χ1n) is 6.52. The van der Waals surface area contributed by atoms with Crippen LogP contribution < -0.4 is 5.73 Å². The van der Waals surface area contributed by atoms with Crippen molar-refractivity contribution in [2.75, 3.05) is 0 Å². The lowest BCUT2D eigenvalue weighted by Gasteiger charge is -2.31. The molecule has 1 fully saturated rings. The van der Waals surface area contributed by atoms with E-state index in [1.54, 1.807) is 0 Å². The molecular formula is C13H23N3. The highest BCUT2D eigenvalue weighted by atomic mass is 15.3. The van der Waals surface area contributed by atoms with Crippen LogP contribution in [0.3, 0.4) is 0 Å². The summed E-state index contributed by atoms with van der Waals surface area (Å²) >= 11 is 0. The molecule has 0 bridgehead atoms. The Morgan fingerprint density at radius 1 is 1.50 bits per heavy atom. The summed E-state index contributed by atoms with van der Waals surface area (Å²) in [6, 6.07) is 0.698. The Morgan fingerprint density at radius 2 is 2.25 bits per heavy atom. The predicted molar refractivity (Wildman–Crippen MR) is 66.1 cm³/mol. The van der Waals surface area contributed by atoms with Crippen molar-refractivity contribution in [2.45, 2.75) is 58.0 Å². The maximum absolute atomic E-state index is 5.87. The third-order valence-corrected chi connectivity index (χ3v) is 3.88. The van der Waals surface area contributed by atoms with Crippen LogP contribution in [0.15, 0.2) is 12.4 Å². The van der Waals surface area contributed by atoms with Gasteiger partial charge < -0.3 is 5.73 Å². The van der Waals surface area contributed by atoms with Crippen molar-refractivity contribution < 1.29 is 0 Å². The predicted octanol–water partition coefficient (Wildman–Crippen LogP) is 3.04. The Morgan fingerprint density at radius 3 is 2.88 bits per heavy atom. The molecule has 0 saturated heterocycles. The minimum Gasteiger partial charge on any atom is -0.324 e. The van der Waals surface area contributed by atoms with Crippen molar-refractivity contribution in [3.8, 4) is 0 Å². The average molecular weight is 221 g/mol. The molecule has 3 heteroatoms. The maximum Gasteiger partial charge on any atom is 0.0547 e. The minimum absolute atomic E-state index is 0.0948. The molecule has 0 aromatic carbocycles.